The molecule has 1 aromatic rings. The molecule has 0 radical (unpaired) electrons. The summed E-state index contributed by atoms with van der Waals surface area (Å²) in [5.41, 5.74) is 0. The van der Waals surface area contributed by atoms with Crippen LogP contribution in [0.3, 0.4) is 0 Å². The Kier molecular flexibility index (Phi) is 2.15. The molecule has 4 heteroatoms. The first kappa shape index (κ1) is 7.65. The van der Waals surface area contributed by atoms with E-state index in [1.54, 1.807) is 6.07 Å². The number of ketones is 1. The van der Waals surface area contributed by atoms with E-state index >= 15 is 0 Å². The number of hydrogen-bond acceptors (Lipinski definition) is 3. The van der Waals surface area contributed by atoms with E-state index in [4.69, 9.17) is 0 Å². The van der Waals surface area contributed by atoms with Gasteiger partial charge in [-0.15, -0.1) is 0 Å². The van der Waals surface area contributed by atoms with Crippen molar-refractivity contribution >= 4 is 11.7 Å². The quantitative estimate of drug-likeness (QED) is 0.580. The number of carbonyl (C=O) groups excluding carboxylic acids is 2. The van der Waals surface area contributed by atoms with Crippen LogP contribution < -0.4 is 0 Å². The number of carbonyl (C=O) groups is 2. The van der Waals surface area contributed by atoms with Gasteiger partial charge in [-0.2, -0.15) is 5.10 Å². The smallest absolute Gasteiger partial charge is 0.254 e. The molecule has 0 spiro atoms. The van der Waals surface area contributed by atoms with Crippen LogP contribution in [0.4, 0.5) is 0 Å². The molecule has 0 aliphatic heterocycles. The Morgan fingerprint density at radius 2 is 2.27 bits per heavy atom. The zero-order valence-corrected chi connectivity index (χ0v) is 6.15. The lowest BCUT2D eigenvalue weighted by Crippen LogP contribution is -2.13. The van der Waals surface area contributed by atoms with E-state index in [0.29, 0.717) is 0 Å². The third-order valence-corrected chi connectivity index (χ3v) is 1.16. The Morgan fingerprint density at radius 1 is 1.55 bits per heavy atom. The molecule has 1 heterocycles. The first-order valence-corrected chi connectivity index (χ1v) is 3.22. The molecule has 0 saturated carbocycles. The maximum atomic E-state index is 11.0. The maximum Gasteiger partial charge on any atom is 0.254 e. The highest BCUT2D eigenvalue weighted by Gasteiger charge is 2.06. The summed E-state index contributed by atoms with van der Waals surface area (Å²) in [6.07, 6.45) is 2.94. The van der Waals surface area contributed by atoms with Gasteiger partial charge >= 0.3 is 0 Å². The van der Waals surface area contributed by atoms with Crippen molar-refractivity contribution in [2.75, 3.05) is 0 Å². The molecular weight excluding hydrogens is 144 g/mol. The number of nitrogens with zero attached hydrogens (tertiary/aromatic N) is 2. The molecule has 58 valence electrons. The number of rotatable bonds is 2. The summed E-state index contributed by atoms with van der Waals surface area (Å²) in [6, 6.07) is 1.64. The molecule has 11 heavy (non-hydrogen) atoms. The predicted molar refractivity (Wildman–Crippen MR) is 38.2 cm³/mol. The van der Waals surface area contributed by atoms with Gasteiger partial charge in [-0.05, 0) is 13.0 Å². The van der Waals surface area contributed by atoms with Gasteiger partial charge in [0.15, 0.2) is 0 Å². The van der Waals surface area contributed by atoms with Crippen molar-refractivity contribution < 1.29 is 9.59 Å². The van der Waals surface area contributed by atoms with E-state index in [2.05, 4.69) is 5.10 Å². The number of aromatic nitrogens is 2. The van der Waals surface area contributed by atoms with Crippen molar-refractivity contribution in [3.63, 3.8) is 0 Å². The van der Waals surface area contributed by atoms with Crippen molar-refractivity contribution in [2.45, 2.75) is 13.3 Å². The third-order valence-electron chi connectivity index (χ3n) is 1.16. The number of Topliss-reactive ketones (excluding diaryl/α,β-unsaturated/α-hetero) is 1. The monoisotopic (exact) mass is 152 g/mol. The average molecular weight is 152 g/mol. The first-order valence-electron chi connectivity index (χ1n) is 3.22. The fraction of sp³-hybridized carbons (Fsp3) is 0.286. The predicted octanol–water partition coefficient (Wildman–Crippen LogP) is 0.502. The molecular formula is C7H8N2O2. The van der Waals surface area contributed by atoms with Gasteiger partial charge in [0.2, 0.25) is 0 Å². The molecule has 0 fully saturated rings. The zero-order valence-electron chi connectivity index (χ0n) is 6.15. The molecule has 0 amide bonds. The van der Waals surface area contributed by atoms with Crippen LogP contribution in [0.5, 0.6) is 0 Å². The Balaban J connectivity index is 2.64. The molecule has 4 nitrogen and oxygen atoms in total. The van der Waals surface area contributed by atoms with E-state index in [0.717, 1.165) is 4.68 Å². The van der Waals surface area contributed by atoms with Gasteiger partial charge in [-0.25, -0.2) is 4.68 Å². The van der Waals surface area contributed by atoms with Crippen LogP contribution in [-0.2, 0) is 4.79 Å². The molecule has 0 bridgehead atoms. The molecule has 0 atom stereocenters. The fourth-order valence-electron chi connectivity index (χ4n) is 0.710. The average Bonchev–Trinajstić information content (AvgIpc) is 2.35. The molecule has 0 aromatic carbocycles. The second kappa shape index (κ2) is 3.09. The van der Waals surface area contributed by atoms with Gasteiger partial charge in [-0.1, -0.05) is 0 Å². The maximum absolute atomic E-state index is 11.0. The molecule has 0 aliphatic carbocycles. The molecule has 0 saturated heterocycles. The van der Waals surface area contributed by atoms with Crippen molar-refractivity contribution in [1.29, 1.82) is 0 Å². The first-order chi connectivity index (χ1) is 5.20. The SMILES string of the molecule is CC(=O)CC(=O)n1cccn1. The van der Waals surface area contributed by atoms with Crippen LogP contribution in [0.25, 0.3) is 0 Å². The van der Waals surface area contributed by atoms with Crippen molar-refractivity contribution in [3.05, 3.63) is 18.5 Å². The van der Waals surface area contributed by atoms with Crippen LogP contribution in [0.2, 0.25) is 0 Å². The Bertz CT molecular complexity index is 264. The van der Waals surface area contributed by atoms with Gasteiger partial charge in [0, 0.05) is 12.4 Å². The molecule has 1 rings (SSSR count). The highest BCUT2D eigenvalue weighted by molar-refractivity contribution is 5.97. The van der Waals surface area contributed by atoms with Crippen LogP contribution in [-0.4, -0.2) is 21.5 Å². The summed E-state index contributed by atoms with van der Waals surface area (Å²) < 4.78 is 1.15. The number of hydrogen-bond donors (Lipinski definition) is 0. The van der Waals surface area contributed by atoms with E-state index in [9.17, 15) is 9.59 Å². The Labute approximate surface area is 63.8 Å². The fourth-order valence-corrected chi connectivity index (χ4v) is 0.710. The zero-order chi connectivity index (χ0) is 8.27. The van der Waals surface area contributed by atoms with Gasteiger partial charge in [0.05, 0.1) is 6.42 Å². The summed E-state index contributed by atoms with van der Waals surface area (Å²) in [7, 11) is 0. The van der Waals surface area contributed by atoms with Gasteiger partial charge in [0.25, 0.3) is 5.91 Å². The van der Waals surface area contributed by atoms with Crippen LogP contribution in [0.15, 0.2) is 18.5 Å². The summed E-state index contributed by atoms with van der Waals surface area (Å²) in [5, 5.41) is 3.68. The van der Waals surface area contributed by atoms with E-state index < -0.39 is 0 Å². The second-order valence-corrected chi connectivity index (χ2v) is 2.22. The molecule has 1 aromatic heterocycles. The Morgan fingerprint density at radius 3 is 2.73 bits per heavy atom. The minimum Gasteiger partial charge on any atom is -0.299 e. The van der Waals surface area contributed by atoms with Crippen LogP contribution in [0, 0.1) is 0 Å². The largest absolute Gasteiger partial charge is 0.299 e. The van der Waals surface area contributed by atoms with Gasteiger partial charge in [0.1, 0.15) is 5.78 Å². The molecule has 0 aliphatic rings. The lowest BCUT2D eigenvalue weighted by atomic mass is 10.3. The molecule has 0 unspecified atom stereocenters. The summed E-state index contributed by atoms with van der Waals surface area (Å²) >= 11 is 0. The highest BCUT2D eigenvalue weighted by Crippen LogP contribution is 1.90. The van der Waals surface area contributed by atoms with Crippen molar-refractivity contribution in [1.82, 2.24) is 9.78 Å². The standard InChI is InChI=1S/C7H8N2O2/c1-6(10)5-7(11)9-4-2-3-8-9/h2-4H,5H2,1H3. The minimum absolute atomic E-state index is 0.0817. The summed E-state index contributed by atoms with van der Waals surface area (Å²) in [4.78, 5) is 21.5. The highest BCUT2D eigenvalue weighted by atomic mass is 16.2. The van der Waals surface area contributed by atoms with Crippen molar-refractivity contribution in [2.24, 2.45) is 0 Å². The van der Waals surface area contributed by atoms with E-state index in [1.165, 1.54) is 19.3 Å². The van der Waals surface area contributed by atoms with Gasteiger partial charge in [-0.3, -0.25) is 9.59 Å². The van der Waals surface area contributed by atoms with Crippen molar-refractivity contribution in [3.8, 4) is 0 Å². The van der Waals surface area contributed by atoms with Gasteiger partial charge < -0.3 is 0 Å². The normalized spacial score (nSPS) is 9.55. The topological polar surface area (TPSA) is 52.0 Å². The Hall–Kier alpha value is -1.45. The minimum atomic E-state index is -0.289. The summed E-state index contributed by atoms with van der Waals surface area (Å²) in [6.45, 7) is 1.38. The lowest BCUT2D eigenvalue weighted by Gasteiger charge is -1.94. The second-order valence-electron chi connectivity index (χ2n) is 2.22. The lowest BCUT2D eigenvalue weighted by molar-refractivity contribution is -0.116. The van der Waals surface area contributed by atoms with Crippen LogP contribution >= 0.6 is 0 Å². The van der Waals surface area contributed by atoms with E-state index in [1.807, 2.05) is 0 Å². The molecule has 0 N–H and O–H groups in total. The van der Waals surface area contributed by atoms with E-state index in [-0.39, 0.29) is 18.1 Å². The third kappa shape index (κ3) is 2.00. The summed E-state index contributed by atoms with van der Waals surface area (Å²) in [5.74, 6) is -0.437. The van der Waals surface area contributed by atoms with Crippen LogP contribution in [0.1, 0.15) is 18.1 Å².